The molecule has 184 valence electrons. The highest BCUT2D eigenvalue weighted by molar-refractivity contribution is 9.10. The average Bonchev–Trinajstić information content (AvgIpc) is 2.84. The molecule has 3 aromatic rings. The molecule has 0 aliphatic rings. The Bertz CT molecular complexity index is 1140. The molecule has 2 atom stereocenters. The summed E-state index contributed by atoms with van der Waals surface area (Å²) in [5.74, 6) is -0.353. The van der Waals surface area contributed by atoms with E-state index in [2.05, 4.69) is 21.2 Å². The molecule has 0 saturated heterocycles. The Morgan fingerprint density at radius 1 is 0.971 bits per heavy atom. The maximum absolute atomic E-state index is 13.8. The standard InChI is InChI=1S/C28H29BrCl2N2O2/c1-3-19(2)32-28(35)26(15-20-7-5-4-6-8-20)33(18-21-9-12-23(29)13-10-21)27(34)16-22-11-14-24(30)17-25(22)31/h4-14,17,19,26H,3,15-16,18H2,1-2H3,(H,32,35)/t19-,26+/m0/s1. The summed E-state index contributed by atoms with van der Waals surface area (Å²) in [4.78, 5) is 28.9. The SMILES string of the molecule is CC[C@H](C)NC(=O)[C@@H](Cc1ccccc1)N(Cc1ccc(Br)cc1)C(=O)Cc1ccc(Cl)cc1Cl. The van der Waals surface area contributed by atoms with E-state index < -0.39 is 6.04 Å². The van der Waals surface area contributed by atoms with Crippen LogP contribution in [0.4, 0.5) is 0 Å². The van der Waals surface area contributed by atoms with Crippen molar-refractivity contribution in [3.63, 3.8) is 0 Å². The highest BCUT2D eigenvalue weighted by atomic mass is 79.9. The number of carbonyl (C=O) groups is 2. The molecule has 0 aromatic heterocycles. The van der Waals surface area contributed by atoms with Crippen LogP contribution in [0.25, 0.3) is 0 Å². The third-order valence-electron chi connectivity index (χ3n) is 5.90. The first-order chi connectivity index (χ1) is 16.8. The number of halogens is 3. The molecule has 7 heteroatoms. The summed E-state index contributed by atoms with van der Waals surface area (Å²) in [7, 11) is 0. The number of nitrogens with zero attached hydrogens (tertiary/aromatic N) is 1. The average molecular weight is 576 g/mol. The summed E-state index contributed by atoms with van der Waals surface area (Å²) in [5, 5.41) is 4.02. The van der Waals surface area contributed by atoms with Crippen LogP contribution in [0.1, 0.15) is 37.0 Å². The molecule has 1 N–H and O–H groups in total. The summed E-state index contributed by atoms with van der Waals surface area (Å²) < 4.78 is 0.947. The fraction of sp³-hybridized carbons (Fsp3) is 0.286. The summed E-state index contributed by atoms with van der Waals surface area (Å²) in [6.45, 7) is 4.28. The van der Waals surface area contributed by atoms with Gasteiger partial charge in [0.25, 0.3) is 0 Å². The number of amides is 2. The molecule has 0 bridgehead atoms. The van der Waals surface area contributed by atoms with Crippen LogP contribution in [-0.2, 0) is 29.0 Å². The molecule has 0 spiro atoms. The van der Waals surface area contributed by atoms with E-state index in [1.807, 2.05) is 68.4 Å². The smallest absolute Gasteiger partial charge is 0.243 e. The van der Waals surface area contributed by atoms with Crippen molar-refractivity contribution in [2.24, 2.45) is 0 Å². The van der Waals surface area contributed by atoms with E-state index in [-0.39, 0.29) is 24.3 Å². The predicted octanol–water partition coefficient (Wildman–Crippen LogP) is 6.85. The van der Waals surface area contributed by atoms with Crippen LogP contribution in [0, 0.1) is 0 Å². The van der Waals surface area contributed by atoms with Gasteiger partial charge in [0.15, 0.2) is 0 Å². The first-order valence-electron chi connectivity index (χ1n) is 11.6. The van der Waals surface area contributed by atoms with E-state index >= 15 is 0 Å². The molecular weight excluding hydrogens is 547 g/mol. The molecule has 2 amide bonds. The Hall–Kier alpha value is -2.34. The number of hydrogen-bond donors (Lipinski definition) is 1. The van der Waals surface area contributed by atoms with Crippen molar-refractivity contribution in [1.82, 2.24) is 10.2 Å². The predicted molar refractivity (Wildman–Crippen MR) is 147 cm³/mol. The van der Waals surface area contributed by atoms with Gasteiger partial charge in [-0.3, -0.25) is 9.59 Å². The monoisotopic (exact) mass is 574 g/mol. The van der Waals surface area contributed by atoms with E-state index in [9.17, 15) is 9.59 Å². The number of rotatable bonds is 10. The highest BCUT2D eigenvalue weighted by Crippen LogP contribution is 2.24. The highest BCUT2D eigenvalue weighted by Gasteiger charge is 2.31. The van der Waals surface area contributed by atoms with Gasteiger partial charge in [-0.1, -0.05) is 94.6 Å². The number of hydrogen-bond acceptors (Lipinski definition) is 2. The molecule has 0 radical (unpaired) electrons. The van der Waals surface area contributed by atoms with Crippen molar-refractivity contribution in [2.45, 2.75) is 51.7 Å². The lowest BCUT2D eigenvalue weighted by atomic mass is 10.0. The zero-order valence-corrected chi connectivity index (χ0v) is 22.9. The second-order valence-electron chi connectivity index (χ2n) is 8.58. The van der Waals surface area contributed by atoms with Crippen molar-refractivity contribution in [3.05, 3.63) is 104 Å². The van der Waals surface area contributed by atoms with Crippen molar-refractivity contribution in [2.75, 3.05) is 0 Å². The fourth-order valence-electron chi connectivity index (χ4n) is 3.71. The summed E-state index contributed by atoms with van der Waals surface area (Å²) in [6.07, 6.45) is 1.26. The van der Waals surface area contributed by atoms with Crippen molar-refractivity contribution in [1.29, 1.82) is 0 Å². The van der Waals surface area contributed by atoms with Gasteiger partial charge in [0.1, 0.15) is 6.04 Å². The van der Waals surface area contributed by atoms with Crippen LogP contribution >= 0.6 is 39.1 Å². The molecule has 0 fully saturated rings. The van der Waals surface area contributed by atoms with E-state index in [1.54, 1.807) is 23.1 Å². The van der Waals surface area contributed by atoms with Gasteiger partial charge in [0.05, 0.1) is 6.42 Å². The summed E-state index contributed by atoms with van der Waals surface area (Å²) in [6, 6.07) is 21.9. The van der Waals surface area contributed by atoms with Gasteiger partial charge in [-0.15, -0.1) is 0 Å². The molecule has 3 aromatic carbocycles. The molecule has 3 rings (SSSR count). The molecule has 0 unspecified atom stereocenters. The summed E-state index contributed by atoms with van der Waals surface area (Å²) >= 11 is 15.9. The normalized spacial score (nSPS) is 12.6. The molecule has 0 heterocycles. The molecular formula is C28H29BrCl2N2O2. The zero-order chi connectivity index (χ0) is 25.4. The molecule has 0 aliphatic heterocycles. The minimum atomic E-state index is -0.686. The van der Waals surface area contributed by atoms with Gasteiger partial charge < -0.3 is 10.2 Å². The van der Waals surface area contributed by atoms with E-state index in [4.69, 9.17) is 23.2 Å². The van der Waals surface area contributed by atoms with Gasteiger partial charge in [-0.05, 0) is 54.3 Å². The molecule has 0 aliphatic carbocycles. The lowest BCUT2D eigenvalue weighted by Crippen LogP contribution is -2.52. The van der Waals surface area contributed by atoms with Crippen LogP contribution in [0.15, 0.2) is 77.3 Å². The van der Waals surface area contributed by atoms with Crippen molar-refractivity contribution >= 4 is 50.9 Å². The summed E-state index contributed by atoms with van der Waals surface area (Å²) in [5.41, 5.74) is 2.58. The lowest BCUT2D eigenvalue weighted by molar-refractivity contribution is -0.141. The lowest BCUT2D eigenvalue weighted by Gasteiger charge is -2.32. The quantitative estimate of drug-likeness (QED) is 0.287. The minimum absolute atomic E-state index is 0.00360. The Morgan fingerprint density at radius 2 is 1.66 bits per heavy atom. The van der Waals surface area contributed by atoms with Gasteiger partial charge in [-0.2, -0.15) is 0 Å². The molecule has 4 nitrogen and oxygen atoms in total. The van der Waals surface area contributed by atoms with Crippen molar-refractivity contribution < 1.29 is 9.59 Å². The van der Waals surface area contributed by atoms with Gasteiger partial charge in [0.2, 0.25) is 11.8 Å². The number of benzene rings is 3. The van der Waals surface area contributed by atoms with Crippen LogP contribution in [0.3, 0.4) is 0 Å². The van der Waals surface area contributed by atoms with Crippen LogP contribution in [-0.4, -0.2) is 28.8 Å². The van der Waals surface area contributed by atoms with Gasteiger partial charge >= 0.3 is 0 Å². The zero-order valence-electron chi connectivity index (χ0n) is 19.8. The number of carbonyl (C=O) groups excluding carboxylic acids is 2. The Kier molecular flexibility index (Phi) is 10.2. The fourth-order valence-corrected chi connectivity index (χ4v) is 4.45. The second-order valence-corrected chi connectivity index (χ2v) is 10.3. The maximum atomic E-state index is 13.8. The largest absolute Gasteiger partial charge is 0.352 e. The Balaban J connectivity index is 1.98. The maximum Gasteiger partial charge on any atom is 0.243 e. The third-order valence-corrected chi connectivity index (χ3v) is 7.01. The van der Waals surface area contributed by atoms with Crippen LogP contribution in [0.5, 0.6) is 0 Å². The Labute approximate surface area is 225 Å². The minimum Gasteiger partial charge on any atom is -0.352 e. The molecule has 35 heavy (non-hydrogen) atoms. The van der Waals surface area contributed by atoms with E-state index in [0.717, 1.165) is 22.0 Å². The Morgan fingerprint density at radius 3 is 2.29 bits per heavy atom. The van der Waals surface area contributed by atoms with E-state index in [0.29, 0.717) is 28.6 Å². The second kappa shape index (κ2) is 13.1. The molecule has 0 saturated carbocycles. The first-order valence-corrected chi connectivity index (χ1v) is 13.1. The first kappa shape index (κ1) is 27.3. The van der Waals surface area contributed by atoms with Gasteiger partial charge in [-0.25, -0.2) is 0 Å². The van der Waals surface area contributed by atoms with Crippen LogP contribution in [0.2, 0.25) is 10.0 Å². The topological polar surface area (TPSA) is 49.4 Å². The van der Waals surface area contributed by atoms with E-state index in [1.165, 1.54) is 0 Å². The van der Waals surface area contributed by atoms with Crippen LogP contribution < -0.4 is 5.32 Å². The van der Waals surface area contributed by atoms with Gasteiger partial charge in [0, 0.05) is 33.5 Å². The number of nitrogens with one attached hydrogen (secondary N) is 1. The third kappa shape index (κ3) is 8.09. The van der Waals surface area contributed by atoms with Crippen molar-refractivity contribution in [3.8, 4) is 0 Å².